The number of anilines is 1. The van der Waals surface area contributed by atoms with Gasteiger partial charge in [-0.3, -0.25) is 4.79 Å². The number of hydrogen-bond acceptors (Lipinski definition) is 5. The monoisotopic (exact) mass is 353 g/mol. The number of benzene rings is 2. The summed E-state index contributed by atoms with van der Waals surface area (Å²) in [5.74, 6) is 0.920. The molecule has 2 aromatic heterocycles. The Morgan fingerprint density at radius 1 is 1.20 bits per heavy atom. The number of carbonyl (C=O) groups is 1. The lowest BCUT2D eigenvalue weighted by Gasteiger charge is -2.07. The molecule has 2 aromatic carbocycles. The summed E-state index contributed by atoms with van der Waals surface area (Å²) in [6, 6.07) is 10.5. The first-order chi connectivity index (χ1) is 12.1. The van der Waals surface area contributed by atoms with Crippen molar-refractivity contribution in [2.45, 2.75) is 6.92 Å². The zero-order valence-electron chi connectivity index (χ0n) is 13.0. The molecule has 0 spiro atoms. The molecular weight excluding hydrogens is 342 g/mol. The van der Waals surface area contributed by atoms with Crippen molar-refractivity contribution in [1.29, 1.82) is 0 Å². The number of H-pyrrole nitrogens is 2. The van der Waals surface area contributed by atoms with Crippen LogP contribution in [0.5, 0.6) is 0 Å². The van der Waals surface area contributed by atoms with Gasteiger partial charge in [-0.25, -0.2) is 4.98 Å². The van der Waals surface area contributed by atoms with E-state index in [0.717, 1.165) is 16.9 Å². The van der Waals surface area contributed by atoms with Crippen LogP contribution in [-0.2, 0) is 0 Å². The van der Waals surface area contributed by atoms with Crippen LogP contribution < -0.4 is 5.32 Å². The van der Waals surface area contributed by atoms with Gasteiger partial charge in [0.05, 0.1) is 11.1 Å². The van der Waals surface area contributed by atoms with Crippen LogP contribution in [-0.4, -0.2) is 36.5 Å². The molecule has 0 aliphatic heterocycles. The molecule has 0 unspecified atom stereocenters. The normalized spacial score (nSPS) is 11.0. The van der Waals surface area contributed by atoms with Crippen LogP contribution in [0.15, 0.2) is 36.4 Å². The number of fused-ring (bicyclic) bond motifs is 1. The first kappa shape index (κ1) is 15.3. The van der Waals surface area contributed by atoms with Crippen molar-refractivity contribution in [2.75, 3.05) is 5.32 Å². The molecule has 0 aliphatic carbocycles. The van der Waals surface area contributed by atoms with Crippen LogP contribution in [0.1, 0.15) is 16.2 Å². The molecule has 4 aromatic rings. The van der Waals surface area contributed by atoms with Crippen molar-refractivity contribution in [1.82, 2.24) is 30.6 Å². The number of nitrogens with one attached hydrogen (secondary N) is 3. The third kappa shape index (κ3) is 2.94. The number of aryl methyl sites for hydroxylation is 1. The minimum absolute atomic E-state index is 0.286. The summed E-state index contributed by atoms with van der Waals surface area (Å²) in [4.78, 5) is 20.1. The predicted molar refractivity (Wildman–Crippen MR) is 93.4 cm³/mol. The molecule has 0 aliphatic rings. The second-order valence-electron chi connectivity index (χ2n) is 5.44. The number of hydrogen-bond donors (Lipinski definition) is 3. The fourth-order valence-corrected chi connectivity index (χ4v) is 2.78. The van der Waals surface area contributed by atoms with E-state index in [1.165, 1.54) is 0 Å². The van der Waals surface area contributed by atoms with Gasteiger partial charge in [-0.15, -0.1) is 10.2 Å². The Balaban J connectivity index is 1.62. The molecule has 25 heavy (non-hydrogen) atoms. The SMILES string of the molecule is Cc1nc2c(C(=O)Nc3ccc(-c4nn[nH]n4)cc3)cc(Cl)cc2[nH]1. The number of imidazole rings is 1. The molecule has 0 bridgehead atoms. The van der Waals surface area contributed by atoms with E-state index in [1.807, 2.05) is 6.92 Å². The van der Waals surface area contributed by atoms with Gasteiger partial charge >= 0.3 is 0 Å². The summed E-state index contributed by atoms with van der Waals surface area (Å²) in [6.45, 7) is 1.83. The number of nitrogens with zero attached hydrogens (tertiary/aromatic N) is 4. The number of aromatic amines is 2. The Kier molecular flexibility index (Phi) is 3.66. The molecule has 0 radical (unpaired) electrons. The molecule has 0 fully saturated rings. The van der Waals surface area contributed by atoms with Crippen LogP contribution in [0.3, 0.4) is 0 Å². The zero-order chi connectivity index (χ0) is 17.4. The fourth-order valence-electron chi connectivity index (χ4n) is 2.56. The topological polar surface area (TPSA) is 112 Å². The molecule has 0 saturated carbocycles. The minimum Gasteiger partial charge on any atom is -0.342 e. The van der Waals surface area contributed by atoms with Gasteiger partial charge in [0.1, 0.15) is 11.3 Å². The average Bonchev–Trinajstić information content (AvgIpc) is 3.23. The van der Waals surface area contributed by atoms with E-state index in [9.17, 15) is 4.79 Å². The van der Waals surface area contributed by atoms with E-state index in [0.29, 0.717) is 27.6 Å². The van der Waals surface area contributed by atoms with E-state index >= 15 is 0 Å². The van der Waals surface area contributed by atoms with E-state index in [4.69, 9.17) is 11.6 Å². The van der Waals surface area contributed by atoms with Crippen molar-refractivity contribution in [2.24, 2.45) is 0 Å². The number of amides is 1. The van der Waals surface area contributed by atoms with Crippen LogP contribution in [0.4, 0.5) is 5.69 Å². The summed E-state index contributed by atoms with van der Waals surface area (Å²) in [5, 5.41) is 17.0. The first-order valence-corrected chi connectivity index (χ1v) is 7.79. The lowest BCUT2D eigenvalue weighted by atomic mass is 10.1. The Labute approximate surface area is 146 Å². The molecule has 0 atom stereocenters. The van der Waals surface area contributed by atoms with Gasteiger partial charge < -0.3 is 10.3 Å². The van der Waals surface area contributed by atoms with Gasteiger partial charge in [0.15, 0.2) is 0 Å². The molecule has 1 amide bonds. The van der Waals surface area contributed by atoms with Crippen molar-refractivity contribution in [3.63, 3.8) is 0 Å². The maximum absolute atomic E-state index is 12.6. The van der Waals surface area contributed by atoms with Crippen molar-refractivity contribution >= 4 is 34.2 Å². The Morgan fingerprint density at radius 2 is 2.00 bits per heavy atom. The summed E-state index contributed by atoms with van der Waals surface area (Å²) >= 11 is 6.11. The zero-order valence-corrected chi connectivity index (χ0v) is 13.8. The molecule has 9 heteroatoms. The standard InChI is InChI=1S/C16H12ClN7O/c1-8-18-13-7-10(17)6-12(14(13)19-8)16(25)20-11-4-2-9(3-5-11)15-21-23-24-22-15/h2-7H,1H3,(H,18,19)(H,20,25)(H,21,22,23,24). The number of rotatable bonds is 3. The van der Waals surface area contributed by atoms with Gasteiger partial charge in [0.2, 0.25) is 5.82 Å². The largest absolute Gasteiger partial charge is 0.342 e. The van der Waals surface area contributed by atoms with Gasteiger partial charge in [-0.05, 0) is 48.5 Å². The lowest BCUT2D eigenvalue weighted by molar-refractivity contribution is 0.102. The smallest absolute Gasteiger partial charge is 0.257 e. The van der Waals surface area contributed by atoms with Crippen molar-refractivity contribution in [3.05, 3.63) is 52.8 Å². The highest BCUT2D eigenvalue weighted by atomic mass is 35.5. The van der Waals surface area contributed by atoms with E-state index < -0.39 is 0 Å². The number of tetrazole rings is 1. The number of halogens is 1. The van der Waals surface area contributed by atoms with Crippen LogP contribution >= 0.6 is 11.6 Å². The van der Waals surface area contributed by atoms with Crippen LogP contribution in [0.25, 0.3) is 22.4 Å². The van der Waals surface area contributed by atoms with Gasteiger partial charge in [-0.2, -0.15) is 5.21 Å². The average molecular weight is 354 g/mol. The lowest BCUT2D eigenvalue weighted by Crippen LogP contribution is -2.12. The van der Waals surface area contributed by atoms with Crippen LogP contribution in [0, 0.1) is 6.92 Å². The highest BCUT2D eigenvalue weighted by Gasteiger charge is 2.15. The van der Waals surface area contributed by atoms with Crippen molar-refractivity contribution in [3.8, 4) is 11.4 Å². The first-order valence-electron chi connectivity index (χ1n) is 7.41. The van der Waals surface area contributed by atoms with E-state index in [2.05, 4.69) is 35.9 Å². The minimum atomic E-state index is -0.286. The molecule has 3 N–H and O–H groups in total. The fraction of sp³-hybridized carbons (Fsp3) is 0.0625. The summed E-state index contributed by atoms with van der Waals surface area (Å²) in [6.07, 6.45) is 0. The second-order valence-corrected chi connectivity index (χ2v) is 5.88. The van der Waals surface area contributed by atoms with Gasteiger partial charge in [-0.1, -0.05) is 11.6 Å². The van der Waals surface area contributed by atoms with Crippen LogP contribution in [0.2, 0.25) is 5.02 Å². The molecular formula is C16H12ClN7O. The van der Waals surface area contributed by atoms with Gasteiger partial charge in [0.25, 0.3) is 5.91 Å². The maximum atomic E-state index is 12.6. The Morgan fingerprint density at radius 3 is 2.72 bits per heavy atom. The second kappa shape index (κ2) is 5.99. The highest BCUT2D eigenvalue weighted by Crippen LogP contribution is 2.24. The van der Waals surface area contributed by atoms with Gasteiger partial charge in [0, 0.05) is 16.3 Å². The third-order valence-electron chi connectivity index (χ3n) is 3.66. The number of carbonyl (C=O) groups excluding carboxylic acids is 1. The summed E-state index contributed by atoms with van der Waals surface area (Å²) in [5.41, 5.74) is 3.15. The Bertz CT molecular complexity index is 1050. The summed E-state index contributed by atoms with van der Waals surface area (Å²) in [7, 11) is 0. The molecule has 4 rings (SSSR count). The Hall–Kier alpha value is -3.26. The van der Waals surface area contributed by atoms with Crippen molar-refractivity contribution < 1.29 is 4.79 Å². The predicted octanol–water partition coefficient (Wildman–Crippen LogP) is 2.96. The van der Waals surface area contributed by atoms with E-state index in [1.54, 1.807) is 36.4 Å². The quantitative estimate of drug-likeness (QED) is 0.524. The maximum Gasteiger partial charge on any atom is 0.257 e. The molecule has 8 nitrogen and oxygen atoms in total. The van der Waals surface area contributed by atoms with E-state index in [-0.39, 0.29) is 5.91 Å². The summed E-state index contributed by atoms with van der Waals surface area (Å²) < 4.78 is 0. The number of aromatic nitrogens is 6. The third-order valence-corrected chi connectivity index (χ3v) is 3.88. The molecule has 124 valence electrons. The molecule has 2 heterocycles. The molecule has 0 saturated heterocycles. The highest BCUT2D eigenvalue weighted by molar-refractivity contribution is 6.32.